The highest BCUT2D eigenvalue weighted by atomic mass is 31.2. The molecule has 0 aliphatic heterocycles. The smallest absolute Gasteiger partial charge is 0.306 e. The van der Waals surface area contributed by atoms with Crippen LogP contribution in [0.3, 0.4) is 0 Å². The standard InChI is InChI=1S/C40H78NO8P/c1-6-8-10-12-14-16-18-19-20-21-23-24-26-28-30-32-39(42)46-36-38(37-48-50(44,45)47-35-34-41(3,4)5)49-40(43)33-31-29-27-25-22-17-15-13-11-9-7-2/h16,18,38H,6-15,17,19-37H2,1-5H3/b18-16-/t38-/m1/s1. The number of hydrogen-bond acceptors (Lipinski definition) is 8. The van der Waals surface area contributed by atoms with Crippen molar-refractivity contribution in [3.63, 3.8) is 0 Å². The summed E-state index contributed by atoms with van der Waals surface area (Å²) in [5.41, 5.74) is 0. The van der Waals surface area contributed by atoms with Gasteiger partial charge in [-0.15, -0.1) is 0 Å². The number of rotatable bonds is 37. The van der Waals surface area contributed by atoms with E-state index in [0.29, 0.717) is 17.4 Å². The van der Waals surface area contributed by atoms with Crippen molar-refractivity contribution < 1.29 is 42.1 Å². The molecule has 0 aromatic carbocycles. The van der Waals surface area contributed by atoms with E-state index in [4.69, 9.17) is 18.5 Å². The second-order valence-corrected chi connectivity index (χ2v) is 16.4. The molecule has 0 N–H and O–H groups in total. The van der Waals surface area contributed by atoms with Gasteiger partial charge in [-0.3, -0.25) is 14.2 Å². The number of esters is 2. The zero-order valence-corrected chi connectivity index (χ0v) is 34.0. The van der Waals surface area contributed by atoms with Gasteiger partial charge in [-0.1, -0.05) is 142 Å². The summed E-state index contributed by atoms with van der Waals surface area (Å²) in [5.74, 6) is -0.835. The molecule has 0 aliphatic carbocycles. The quantitative estimate of drug-likeness (QED) is 0.0204. The molecule has 296 valence electrons. The van der Waals surface area contributed by atoms with Crippen molar-refractivity contribution in [3.05, 3.63) is 12.2 Å². The van der Waals surface area contributed by atoms with Crippen LogP contribution in [0.15, 0.2) is 12.2 Å². The molecule has 0 aromatic heterocycles. The molecule has 0 fully saturated rings. The maximum absolute atomic E-state index is 12.6. The van der Waals surface area contributed by atoms with E-state index in [1.54, 1.807) is 0 Å². The third-order valence-corrected chi connectivity index (χ3v) is 9.75. The maximum atomic E-state index is 12.6. The predicted molar refractivity (Wildman–Crippen MR) is 204 cm³/mol. The Morgan fingerprint density at radius 3 is 1.50 bits per heavy atom. The lowest BCUT2D eigenvalue weighted by Gasteiger charge is -2.28. The monoisotopic (exact) mass is 732 g/mol. The van der Waals surface area contributed by atoms with Crippen LogP contribution in [-0.4, -0.2) is 70.0 Å². The minimum atomic E-state index is -4.61. The molecule has 0 aliphatic rings. The average Bonchev–Trinajstić information content (AvgIpc) is 3.06. The zero-order valence-electron chi connectivity index (χ0n) is 33.1. The number of unbranched alkanes of at least 4 members (excludes halogenated alkanes) is 21. The third kappa shape index (κ3) is 36.5. The highest BCUT2D eigenvalue weighted by molar-refractivity contribution is 7.45. The van der Waals surface area contributed by atoms with Crippen LogP contribution in [0.5, 0.6) is 0 Å². The highest BCUT2D eigenvalue weighted by Gasteiger charge is 2.21. The van der Waals surface area contributed by atoms with Crippen molar-refractivity contribution in [1.82, 2.24) is 0 Å². The van der Waals surface area contributed by atoms with Gasteiger partial charge in [0.1, 0.15) is 19.8 Å². The second kappa shape index (κ2) is 33.6. The molecule has 9 nitrogen and oxygen atoms in total. The first kappa shape index (κ1) is 48.8. The second-order valence-electron chi connectivity index (χ2n) is 15.0. The van der Waals surface area contributed by atoms with Crippen LogP contribution < -0.4 is 4.89 Å². The highest BCUT2D eigenvalue weighted by Crippen LogP contribution is 2.38. The SMILES string of the molecule is CCCCCC/C=C\CCCCCCCCCC(=O)OC[C@H](COP(=O)([O-])OCC[N+](C)(C)C)OC(=O)CCCCCCCCCCCCC. The Morgan fingerprint density at radius 2 is 1.02 bits per heavy atom. The lowest BCUT2D eigenvalue weighted by molar-refractivity contribution is -0.870. The van der Waals surface area contributed by atoms with Crippen LogP contribution in [0.4, 0.5) is 0 Å². The lowest BCUT2D eigenvalue weighted by atomic mass is 10.1. The Morgan fingerprint density at radius 1 is 0.600 bits per heavy atom. The molecule has 0 spiro atoms. The number of phosphoric ester groups is 1. The van der Waals surface area contributed by atoms with E-state index in [2.05, 4.69) is 26.0 Å². The molecule has 0 heterocycles. The van der Waals surface area contributed by atoms with Gasteiger partial charge in [0.05, 0.1) is 27.7 Å². The van der Waals surface area contributed by atoms with E-state index >= 15 is 0 Å². The summed E-state index contributed by atoms with van der Waals surface area (Å²) < 4.78 is 33.8. The Bertz CT molecular complexity index is 876. The van der Waals surface area contributed by atoms with Crippen LogP contribution in [0.1, 0.15) is 181 Å². The van der Waals surface area contributed by atoms with Crippen molar-refractivity contribution in [2.75, 3.05) is 47.5 Å². The van der Waals surface area contributed by atoms with Crippen LogP contribution in [0.25, 0.3) is 0 Å². The fraction of sp³-hybridized carbons (Fsp3) is 0.900. The van der Waals surface area contributed by atoms with Gasteiger partial charge in [-0.25, -0.2) is 0 Å². The maximum Gasteiger partial charge on any atom is 0.306 e. The van der Waals surface area contributed by atoms with Gasteiger partial charge >= 0.3 is 11.9 Å². The summed E-state index contributed by atoms with van der Waals surface area (Å²) in [5, 5.41) is 0. The van der Waals surface area contributed by atoms with Gasteiger partial charge in [-0.2, -0.15) is 0 Å². The van der Waals surface area contributed by atoms with Gasteiger partial charge in [0.25, 0.3) is 7.82 Å². The van der Waals surface area contributed by atoms with Crippen molar-refractivity contribution in [2.24, 2.45) is 0 Å². The van der Waals surface area contributed by atoms with Crippen LogP contribution in [0, 0.1) is 0 Å². The number of allylic oxidation sites excluding steroid dienone is 2. The molecule has 10 heteroatoms. The normalized spacial score (nSPS) is 13.8. The van der Waals surface area contributed by atoms with Crippen LogP contribution in [-0.2, 0) is 32.7 Å². The van der Waals surface area contributed by atoms with Gasteiger partial charge in [0, 0.05) is 12.8 Å². The number of quaternary nitrogens is 1. The minimum absolute atomic E-state index is 0.0286. The molecule has 2 atom stereocenters. The first-order valence-electron chi connectivity index (χ1n) is 20.4. The van der Waals surface area contributed by atoms with E-state index < -0.39 is 26.5 Å². The Kier molecular flexibility index (Phi) is 32.7. The van der Waals surface area contributed by atoms with Gasteiger partial charge in [-0.05, 0) is 38.5 Å². The molecular weight excluding hydrogens is 653 g/mol. The fourth-order valence-corrected chi connectivity index (χ4v) is 6.26. The molecule has 0 aromatic rings. The van der Waals surface area contributed by atoms with Crippen LogP contribution in [0.2, 0.25) is 0 Å². The van der Waals surface area contributed by atoms with E-state index in [0.717, 1.165) is 44.9 Å². The summed E-state index contributed by atoms with van der Waals surface area (Å²) in [6, 6.07) is 0. The number of ether oxygens (including phenoxy) is 2. The number of nitrogens with zero attached hydrogens (tertiary/aromatic N) is 1. The van der Waals surface area contributed by atoms with Crippen molar-refractivity contribution in [3.8, 4) is 0 Å². The molecule has 0 bridgehead atoms. The molecule has 1 unspecified atom stereocenters. The number of carbonyl (C=O) groups is 2. The van der Waals surface area contributed by atoms with Crippen molar-refractivity contribution in [1.29, 1.82) is 0 Å². The molecule has 50 heavy (non-hydrogen) atoms. The summed E-state index contributed by atoms with van der Waals surface area (Å²) in [4.78, 5) is 37.4. The van der Waals surface area contributed by atoms with Gasteiger partial charge < -0.3 is 27.9 Å². The first-order chi connectivity index (χ1) is 24.0. The third-order valence-electron chi connectivity index (χ3n) is 8.79. The minimum Gasteiger partial charge on any atom is -0.756 e. The number of hydrogen-bond donors (Lipinski definition) is 0. The number of carbonyl (C=O) groups excluding carboxylic acids is 2. The summed E-state index contributed by atoms with van der Waals surface area (Å²) in [6.07, 6.45) is 32.3. The summed E-state index contributed by atoms with van der Waals surface area (Å²) >= 11 is 0. The Labute approximate surface area is 307 Å². The Hall–Kier alpha value is -1.25. The van der Waals surface area contributed by atoms with Gasteiger partial charge in [0.15, 0.2) is 6.10 Å². The van der Waals surface area contributed by atoms with Crippen molar-refractivity contribution >= 4 is 19.8 Å². The number of likely N-dealkylation sites (N-methyl/N-ethyl adjacent to an activating group) is 1. The van der Waals surface area contributed by atoms with Gasteiger partial charge in [0.2, 0.25) is 0 Å². The van der Waals surface area contributed by atoms with E-state index in [9.17, 15) is 19.0 Å². The lowest BCUT2D eigenvalue weighted by Crippen LogP contribution is -2.37. The number of phosphoric acid groups is 1. The first-order valence-corrected chi connectivity index (χ1v) is 21.9. The Balaban J connectivity index is 4.37. The molecule has 0 radical (unpaired) electrons. The molecular formula is C40H78NO8P. The molecule has 0 saturated carbocycles. The molecule has 0 amide bonds. The topological polar surface area (TPSA) is 111 Å². The fourth-order valence-electron chi connectivity index (χ4n) is 5.53. The van der Waals surface area contributed by atoms with Crippen LogP contribution >= 0.6 is 7.82 Å². The van der Waals surface area contributed by atoms with E-state index in [-0.39, 0.29) is 32.0 Å². The van der Waals surface area contributed by atoms with Crippen molar-refractivity contribution in [2.45, 2.75) is 187 Å². The molecule has 0 rings (SSSR count). The predicted octanol–water partition coefficient (Wildman–Crippen LogP) is 10.4. The van der Waals surface area contributed by atoms with E-state index in [1.165, 1.54) is 103 Å². The largest absolute Gasteiger partial charge is 0.756 e. The molecule has 0 saturated heterocycles. The average molecular weight is 732 g/mol. The van der Waals surface area contributed by atoms with E-state index in [1.807, 2.05) is 21.1 Å². The summed E-state index contributed by atoms with van der Waals surface area (Å²) in [6.45, 7) is 4.20. The summed E-state index contributed by atoms with van der Waals surface area (Å²) in [7, 11) is 1.17. The zero-order chi connectivity index (χ0) is 37.2.